The van der Waals surface area contributed by atoms with Crippen LogP contribution in [0.15, 0.2) is 66.7 Å². The number of carbonyl (C=O) groups excluding carboxylic acids is 1. The summed E-state index contributed by atoms with van der Waals surface area (Å²) >= 11 is 12.4. The maximum absolute atomic E-state index is 12.7. The van der Waals surface area contributed by atoms with Crippen molar-refractivity contribution in [1.82, 2.24) is 9.55 Å². The minimum Gasteiger partial charge on any atom is -0.369 e. The molecule has 2 N–H and O–H groups in total. The topological polar surface area (TPSA) is 64.2 Å². The SMILES string of the molecule is CN1C(=O)CC(c2cccc(Cl)c2)c2cc(Cc3c(-c4ccc(Cl)cc4)nc(N)n3C)ccc21. The van der Waals surface area contributed by atoms with Crippen LogP contribution in [0.2, 0.25) is 10.0 Å². The molecule has 2 heterocycles. The molecule has 5 rings (SSSR count). The molecule has 3 aromatic carbocycles. The smallest absolute Gasteiger partial charge is 0.227 e. The summed E-state index contributed by atoms with van der Waals surface area (Å²) in [5.74, 6) is 0.499. The Labute approximate surface area is 208 Å². The molecule has 1 unspecified atom stereocenters. The van der Waals surface area contributed by atoms with Gasteiger partial charge in [0.2, 0.25) is 11.9 Å². The van der Waals surface area contributed by atoms with Crippen molar-refractivity contribution in [3.63, 3.8) is 0 Å². The largest absolute Gasteiger partial charge is 0.369 e. The molecule has 7 heteroatoms. The monoisotopic (exact) mass is 490 g/mol. The molecule has 0 spiro atoms. The van der Waals surface area contributed by atoms with Crippen molar-refractivity contribution >= 4 is 40.7 Å². The second-order valence-electron chi connectivity index (χ2n) is 8.67. The number of nitrogens with zero attached hydrogens (tertiary/aromatic N) is 3. The number of anilines is 2. The zero-order chi connectivity index (χ0) is 24.0. The number of rotatable bonds is 4. The van der Waals surface area contributed by atoms with E-state index in [2.05, 4.69) is 17.1 Å². The summed E-state index contributed by atoms with van der Waals surface area (Å²) in [7, 11) is 3.76. The fraction of sp³-hybridized carbons (Fsp3) is 0.185. The highest BCUT2D eigenvalue weighted by atomic mass is 35.5. The number of imidazole rings is 1. The standard InChI is InChI=1S/C27H24Cl2N4O/c1-32-23-11-6-16(12-22(23)21(15-25(32)34)18-4-3-5-20(29)14-18)13-24-26(31-27(30)33(24)2)17-7-9-19(28)10-8-17/h3-12,14,21H,13,15H2,1-2H3,(H2,30,31). The second kappa shape index (κ2) is 8.82. The van der Waals surface area contributed by atoms with Crippen LogP contribution in [0.3, 0.4) is 0 Å². The second-order valence-corrected chi connectivity index (χ2v) is 9.54. The van der Waals surface area contributed by atoms with Crippen LogP contribution in [0.1, 0.15) is 34.7 Å². The van der Waals surface area contributed by atoms with Crippen LogP contribution in [0.5, 0.6) is 0 Å². The Bertz CT molecular complexity index is 1390. The van der Waals surface area contributed by atoms with Crippen molar-refractivity contribution < 1.29 is 4.79 Å². The number of benzene rings is 3. The van der Waals surface area contributed by atoms with Gasteiger partial charge < -0.3 is 15.2 Å². The Morgan fingerprint density at radius 1 is 1.00 bits per heavy atom. The van der Waals surface area contributed by atoms with Crippen LogP contribution in [-0.4, -0.2) is 22.5 Å². The lowest BCUT2D eigenvalue weighted by atomic mass is 9.83. The minimum absolute atomic E-state index is 0.0512. The molecular weight excluding hydrogens is 467 g/mol. The molecule has 1 aliphatic heterocycles. The van der Waals surface area contributed by atoms with E-state index in [-0.39, 0.29) is 11.8 Å². The summed E-state index contributed by atoms with van der Waals surface area (Å²) in [6.45, 7) is 0. The van der Waals surface area contributed by atoms with Gasteiger partial charge in [-0.15, -0.1) is 0 Å². The molecule has 0 fully saturated rings. The third kappa shape index (κ3) is 4.06. The number of aromatic nitrogens is 2. The average molecular weight is 491 g/mol. The quantitative estimate of drug-likeness (QED) is 0.377. The van der Waals surface area contributed by atoms with E-state index >= 15 is 0 Å². The Morgan fingerprint density at radius 2 is 1.76 bits per heavy atom. The average Bonchev–Trinajstić information content (AvgIpc) is 3.10. The number of hydrogen-bond acceptors (Lipinski definition) is 3. The van der Waals surface area contributed by atoms with Gasteiger partial charge >= 0.3 is 0 Å². The number of nitrogens with two attached hydrogens (primary N) is 1. The first kappa shape index (κ1) is 22.5. The van der Waals surface area contributed by atoms with Crippen LogP contribution in [0.4, 0.5) is 11.6 Å². The van der Waals surface area contributed by atoms with Crippen molar-refractivity contribution in [2.75, 3.05) is 17.7 Å². The first-order chi connectivity index (χ1) is 16.3. The summed E-state index contributed by atoms with van der Waals surface area (Å²) in [5, 5.41) is 1.34. The molecule has 1 aliphatic rings. The van der Waals surface area contributed by atoms with E-state index in [4.69, 9.17) is 28.9 Å². The molecule has 34 heavy (non-hydrogen) atoms. The maximum Gasteiger partial charge on any atom is 0.227 e. The predicted octanol–water partition coefficient (Wildman–Crippen LogP) is 6.07. The van der Waals surface area contributed by atoms with Crippen LogP contribution < -0.4 is 10.6 Å². The van der Waals surface area contributed by atoms with E-state index in [1.165, 1.54) is 0 Å². The summed E-state index contributed by atoms with van der Waals surface area (Å²) < 4.78 is 1.92. The van der Waals surface area contributed by atoms with Crippen molar-refractivity contribution in [2.24, 2.45) is 7.05 Å². The molecule has 5 nitrogen and oxygen atoms in total. The van der Waals surface area contributed by atoms with Crippen LogP contribution in [0, 0.1) is 0 Å². The normalized spacial score (nSPS) is 15.5. The van der Waals surface area contributed by atoms with Gasteiger partial charge in [0.05, 0.1) is 11.4 Å². The number of amides is 1. The Balaban J connectivity index is 1.57. The van der Waals surface area contributed by atoms with Crippen molar-refractivity contribution in [2.45, 2.75) is 18.8 Å². The zero-order valence-electron chi connectivity index (χ0n) is 18.9. The number of halogens is 2. The van der Waals surface area contributed by atoms with E-state index < -0.39 is 0 Å². The third-order valence-corrected chi connectivity index (χ3v) is 7.06. The summed E-state index contributed by atoms with van der Waals surface area (Å²) in [4.78, 5) is 19.1. The zero-order valence-corrected chi connectivity index (χ0v) is 20.4. The van der Waals surface area contributed by atoms with Crippen molar-refractivity contribution in [1.29, 1.82) is 0 Å². The van der Waals surface area contributed by atoms with Crippen molar-refractivity contribution in [3.8, 4) is 11.3 Å². The molecule has 0 aliphatic carbocycles. The summed E-state index contributed by atoms with van der Waals surface area (Å²) in [6.07, 6.45) is 1.05. The number of carbonyl (C=O) groups is 1. The number of hydrogen-bond donors (Lipinski definition) is 1. The van der Waals surface area contributed by atoms with E-state index in [0.29, 0.717) is 28.8 Å². The lowest BCUT2D eigenvalue weighted by molar-refractivity contribution is -0.118. The van der Waals surface area contributed by atoms with Gasteiger partial charge in [-0.25, -0.2) is 4.98 Å². The van der Waals surface area contributed by atoms with Crippen molar-refractivity contribution in [3.05, 3.63) is 99.2 Å². The van der Waals surface area contributed by atoms with Gasteiger partial charge in [0.15, 0.2) is 0 Å². The van der Waals surface area contributed by atoms with Gasteiger partial charge in [-0.3, -0.25) is 4.79 Å². The fourth-order valence-corrected chi connectivity index (χ4v) is 4.99. The van der Waals surface area contributed by atoms with E-state index in [1.807, 2.05) is 73.3 Å². The fourth-order valence-electron chi connectivity index (χ4n) is 4.66. The molecule has 0 radical (unpaired) electrons. The predicted molar refractivity (Wildman–Crippen MR) is 139 cm³/mol. The van der Waals surface area contributed by atoms with Gasteiger partial charge in [-0.05, 0) is 47.0 Å². The minimum atomic E-state index is -0.0512. The van der Waals surface area contributed by atoms with Gasteiger partial charge in [0.1, 0.15) is 0 Å². The van der Waals surface area contributed by atoms with Crippen LogP contribution >= 0.6 is 23.2 Å². The molecule has 0 saturated heterocycles. The lowest BCUT2D eigenvalue weighted by Crippen LogP contribution is -2.33. The molecule has 0 saturated carbocycles. The van der Waals surface area contributed by atoms with E-state index in [0.717, 1.165) is 39.3 Å². The highest BCUT2D eigenvalue weighted by Gasteiger charge is 2.31. The molecule has 172 valence electrons. The molecule has 1 aromatic heterocycles. The molecule has 4 aromatic rings. The maximum atomic E-state index is 12.7. The van der Waals surface area contributed by atoms with Gasteiger partial charge in [-0.2, -0.15) is 0 Å². The Hall–Kier alpha value is -3.28. The van der Waals surface area contributed by atoms with Gasteiger partial charge in [0, 0.05) is 54.2 Å². The number of nitrogen functional groups attached to an aromatic ring is 1. The molecule has 1 amide bonds. The highest BCUT2D eigenvalue weighted by molar-refractivity contribution is 6.30. The molecule has 0 bridgehead atoms. The summed E-state index contributed by atoms with van der Waals surface area (Å²) in [5.41, 5.74) is 13.2. The third-order valence-electron chi connectivity index (χ3n) is 6.57. The number of fused-ring (bicyclic) bond motifs is 1. The van der Waals surface area contributed by atoms with Crippen LogP contribution in [-0.2, 0) is 18.3 Å². The van der Waals surface area contributed by atoms with E-state index in [1.54, 1.807) is 4.90 Å². The Morgan fingerprint density at radius 3 is 2.50 bits per heavy atom. The molecular formula is C27H24Cl2N4O. The van der Waals surface area contributed by atoms with Gasteiger partial charge in [0.25, 0.3) is 0 Å². The van der Waals surface area contributed by atoms with E-state index in [9.17, 15) is 4.79 Å². The Kier molecular flexibility index (Phi) is 5.84. The summed E-state index contributed by atoms with van der Waals surface area (Å²) in [6, 6.07) is 21.7. The first-order valence-electron chi connectivity index (χ1n) is 11.0. The highest BCUT2D eigenvalue weighted by Crippen LogP contribution is 2.41. The lowest BCUT2D eigenvalue weighted by Gasteiger charge is -2.32. The molecule has 1 atom stereocenters. The van der Waals surface area contributed by atoms with Crippen LogP contribution in [0.25, 0.3) is 11.3 Å². The van der Waals surface area contributed by atoms with Gasteiger partial charge in [-0.1, -0.05) is 59.6 Å². The first-order valence-corrected chi connectivity index (χ1v) is 11.8.